The van der Waals surface area contributed by atoms with Crippen molar-refractivity contribution >= 4 is 24.2 Å². The maximum absolute atomic E-state index is 13.4. The summed E-state index contributed by atoms with van der Waals surface area (Å²) in [7, 11) is 0. The molecule has 2 saturated heterocycles. The number of likely N-dealkylation sites (tertiary alicyclic amines) is 2. The largest absolute Gasteiger partial charge is 0.342 e. The first-order valence-electron chi connectivity index (χ1n) is 10.5. The van der Waals surface area contributed by atoms with Gasteiger partial charge in [0, 0.05) is 50.0 Å². The third-order valence-corrected chi connectivity index (χ3v) is 6.72. The first kappa shape index (κ1) is 21.1. The first-order chi connectivity index (χ1) is 13.1. The van der Waals surface area contributed by atoms with Crippen LogP contribution in [0.2, 0.25) is 0 Å². The summed E-state index contributed by atoms with van der Waals surface area (Å²) in [4.78, 5) is 30.3. The van der Waals surface area contributed by atoms with Crippen molar-refractivity contribution in [2.24, 2.45) is 17.6 Å². The summed E-state index contributed by atoms with van der Waals surface area (Å²) in [6, 6.07) is 10.2. The number of benzene rings is 1. The molecule has 5 nitrogen and oxygen atoms in total. The Balaban J connectivity index is 0.00000225. The lowest BCUT2D eigenvalue weighted by atomic mass is 9.77. The van der Waals surface area contributed by atoms with Crippen LogP contribution in [-0.4, -0.2) is 53.8 Å². The molecule has 4 rings (SSSR count). The van der Waals surface area contributed by atoms with E-state index in [4.69, 9.17) is 5.73 Å². The van der Waals surface area contributed by atoms with E-state index >= 15 is 0 Å². The van der Waals surface area contributed by atoms with E-state index in [-0.39, 0.29) is 48.0 Å². The second kappa shape index (κ2) is 9.27. The van der Waals surface area contributed by atoms with E-state index in [0.29, 0.717) is 13.1 Å². The van der Waals surface area contributed by atoms with E-state index in [1.54, 1.807) is 0 Å². The fourth-order valence-electron chi connectivity index (χ4n) is 5.19. The molecule has 154 valence electrons. The smallest absolute Gasteiger partial charge is 0.226 e. The van der Waals surface area contributed by atoms with Crippen molar-refractivity contribution in [1.29, 1.82) is 0 Å². The molecule has 2 heterocycles. The molecular weight excluding hydrogens is 374 g/mol. The molecule has 0 radical (unpaired) electrons. The molecule has 0 bridgehead atoms. The van der Waals surface area contributed by atoms with E-state index in [9.17, 15) is 9.59 Å². The van der Waals surface area contributed by atoms with Crippen molar-refractivity contribution in [1.82, 2.24) is 9.80 Å². The number of hydrogen-bond donors (Lipinski definition) is 1. The lowest BCUT2D eigenvalue weighted by molar-refractivity contribution is -0.147. The van der Waals surface area contributed by atoms with E-state index < -0.39 is 0 Å². The lowest BCUT2D eigenvalue weighted by Crippen LogP contribution is -2.46. The topological polar surface area (TPSA) is 66.6 Å². The van der Waals surface area contributed by atoms with Crippen LogP contribution >= 0.6 is 12.4 Å². The van der Waals surface area contributed by atoms with Gasteiger partial charge in [-0.15, -0.1) is 12.4 Å². The molecule has 0 spiro atoms. The summed E-state index contributed by atoms with van der Waals surface area (Å²) in [5, 5.41) is 0. The number of hydrogen-bond acceptors (Lipinski definition) is 3. The number of rotatable bonds is 3. The fraction of sp³-hybridized carbons (Fsp3) is 0.636. The van der Waals surface area contributed by atoms with Gasteiger partial charge in [-0.2, -0.15) is 0 Å². The van der Waals surface area contributed by atoms with Gasteiger partial charge in [0.05, 0.1) is 0 Å². The minimum absolute atomic E-state index is 0. The number of halogens is 1. The zero-order chi connectivity index (χ0) is 18.8. The van der Waals surface area contributed by atoms with Gasteiger partial charge in [-0.3, -0.25) is 9.59 Å². The highest BCUT2D eigenvalue weighted by Gasteiger charge is 2.43. The highest BCUT2D eigenvalue weighted by molar-refractivity contribution is 5.88. The average molecular weight is 406 g/mol. The van der Waals surface area contributed by atoms with Crippen molar-refractivity contribution in [3.8, 4) is 0 Å². The van der Waals surface area contributed by atoms with Gasteiger partial charge < -0.3 is 15.5 Å². The Morgan fingerprint density at radius 3 is 2.00 bits per heavy atom. The Labute approximate surface area is 174 Å². The van der Waals surface area contributed by atoms with Crippen LogP contribution < -0.4 is 5.73 Å². The second-order valence-corrected chi connectivity index (χ2v) is 8.45. The van der Waals surface area contributed by atoms with Gasteiger partial charge in [-0.25, -0.2) is 0 Å². The van der Waals surface area contributed by atoms with Crippen LogP contribution in [0.25, 0.3) is 0 Å². The molecular formula is C22H32ClN3O2. The Hall–Kier alpha value is -1.59. The van der Waals surface area contributed by atoms with Crippen LogP contribution in [0.5, 0.6) is 0 Å². The number of carbonyl (C=O) groups excluding carboxylic acids is 2. The summed E-state index contributed by atoms with van der Waals surface area (Å²) in [6.45, 7) is 2.99. The number of nitrogens with zero attached hydrogens (tertiary/aromatic N) is 2. The molecule has 0 aromatic heterocycles. The van der Waals surface area contributed by atoms with Crippen molar-refractivity contribution < 1.29 is 9.59 Å². The zero-order valence-electron chi connectivity index (χ0n) is 16.5. The molecule has 1 aliphatic carbocycles. The van der Waals surface area contributed by atoms with Gasteiger partial charge in [0.1, 0.15) is 0 Å². The van der Waals surface area contributed by atoms with Gasteiger partial charge in [0.15, 0.2) is 0 Å². The predicted molar refractivity (Wildman–Crippen MR) is 112 cm³/mol. The number of nitrogens with two attached hydrogens (primary N) is 1. The third-order valence-electron chi connectivity index (χ3n) is 6.72. The summed E-state index contributed by atoms with van der Waals surface area (Å²) in [5.74, 6) is 0.270. The molecule has 1 aromatic rings. The van der Waals surface area contributed by atoms with Crippen molar-refractivity contribution in [2.75, 3.05) is 26.2 Å². The molecule has 2 N–H and O–H groups in total. The summed E-state index contributed by atoms with van der Waals surface area (Å²) in [5.41, 5.74) is 7.60. The Morgan fingerprint density at radius 1 is 0.821 bits per heavy atom. The van der Waals surface area contributed by atoms with Crippen LogP contribution in [0.4, 0.5) is 0 Å². The fourth-order valence-corrected chi connectivity index (χ4v) is 5.19. The van der Waals surface area contributed by atoms with Gasteiger partial charge in [-0.05, 0) is 31.2 Å². The van der Waals surface area contributed by atoms with E-state index in [1.165, 1.54) is 5.56 Å². The van der Waals surface area contributed by atoms with Crippen molar-refractivity contribution in [3.63, 3.8) is 0 Å². The van der Waals surface area contributed by atoms with E-state index in [2.05, 4.69) is 12.1 Å². The molecule has 6 heteroatoms. The Kier molecular flexibility index (Phi) is 7.00. The summed E-state index contributed by atoms with van der Waals surface area (Å²) in [6.07, 6.45) is 5.98. The van der Waals surface area contributed by atoms with Gasteiger partial charge in [0.2, 0.25) is 11.8 Å². The molecule has 1 aromatic carbocycles. The Bertz CT molecular complexity index is 678. The molecule has 3 fully saturated rings. The highest BCUT2D eigenvalue weighted by atomic mass is 35.5. The summed E-state index contributed by atoms with van der Waals surface area (Å²) < 4.78 is 0. The zero-order valence-corrected chi connectivity index (χ0v) is 17.3. The maximum Gasteiger partial charge on any atom is 0.226 e. The predicted octanol–water partition coefficient (Wildman–Crippen LogP) is 2.79. The van der Waals surface area contributed by atoms with Crippen LogP contribution in [0, 0.1) is 11.8 Å². The summed E-state index contributed by atoms with van der Waals surface area (Å²) >= 11 is 0. The number of amides is 2. The van der Waals surface area contributed by atoms with Crippen molar-refractivity contribution in [3.05, 3.63) is 35.9 Å². The van der Waals surface area contributed by atoms with Crippen LogP contribution in [0.15, 0.2) is 30.3 Å². The van der Waals surface area contributed by atoms with E-state index in [1.807, 2.05) is 28.0 Å². The maximum atomic E-state index is 13.4. The third kappa shape index (κ3) is 4.20. The molecule has 28 heavy (non-hydrogen) atoms. The molecule has 2 aliphatic heterocycles. The minimum atomic E-state index is -0.159. The van der Waals surface area contributed by atoms with Gasteiger partial charge in [-0.1, -0.05) is 43.2 Å². The molecule has 2 amide bonds. The highest BCUT2D eigenvalue weighted by Crippen LogP contribution is 2.36. The van der Waals surface area contributed by atoms with Crippen LogP contribution in [0.3, 0.4) is 0 Å². The van der Waals surface area contributed by atoms with E-state index in [0.717, 1.165) is 51.6 Å². The second-order valence-electron chi connectivity index (χ2n) is 8.45. The number of carbonyl (C=O) groups is 2. The molecule has 3 aliphatic rings. The minimum Gasteiger partial charge on any atom is -0.342 e. The van der Waals surface area contributed by atoms with Crippen LogP contribution in [0.1, 0.15) is 50.0 Å². The lowest BCUT2D eigenvalue weighted by Gasteiger charge is -2.34. The quantitative estimate of drug-likeness (QED) is 0.840. The Morgan fingerprint density at radius 2 is 1.39 bits per heavy atom. The van der Waals surface area contributed by atoms with Crippen LogP contribution in [-0.2, 0) is 9.59 Å². The first-order valence-corrected chi connectivity index (χ1v) is 10.5. The van der Waals surface area contributed by atoms with Crippen molar-refractivity contribution in [2.45, 2.75) is 50.5 Å². The van der Waals surface area contributed by atoms with Gasteiger partial charge >= 0.3 is 0 Å². The SMILES string of the molecule is Cl.N[C@@H]1CN(C(=O)C2CCCCC2C(=O)N2CCCC2)C[C@H]1c1ccccc1. The van der Waals surface area contributed by atoms with Gasteiger partial charge in [0.25, 0.3) is 0 Å². The average Bonchev–Trinajstić information content (AvgIpc) is 3.37. The molecule has 4 atom stereocenters. The molecule has 2 unspecified atom stereocenters. The normalized spacial score (nSPS) is 30.2. The molecule has 1 saturated carbocycles. The monoisotopic (exact) mass is 405 g/mol. The standard InChI is InChI=1S/C22H31N3O2.ClH/c23-20-15-25(14-19(20)16-8-2-1-3-9-16)22(27)18-11-5-4-10-17(18)21(26)24-12-6-7-13-24;/h1-3,8-9,17-20H,4-7,10-15,23H2;1H/t17?,18?,19-,20+;/m0./s1.